The maximum Gasteiger partial charge on any atom is 0.488 e. The van der Waals surface area contributed by atoms with Gasteiger partial charge in [0.25, 0.3) is 0 Å². The molecule has 12 nitrogen and oxygen atoms in total. The molecule has 0 saturated heterocycles. The predicted octanol–water partition coefficient (Wildman–Crippen LogP) is 26.6. The normalized spacial score (nSPS) is 11.1. The summed E-state index contributed by atoms with van der Waals surface area (Å²) in [7, 11) is -4.00. The molecule has 21 aromatic rings. The molecule has 0 fully saturated rings. The molecular formula is C99H73BBr3N5O7Si2. The van der Waals surface area contributed by atoms with Crippen LogP contribution in [0.4, 0.5) is 0 Å². The Labute approximate surface area is 702 Å². The van der Waals surface area contributed by atoms with E-state index in [1.165, 1.54) is 5.39 Å². The van der Waals surface area contributed by atoms with E-state index in [-0.39, 0.29) is 0 Å². The van der Waals surface area contributed by atoms with Crippen molar-refractivity contribution in [2.45, 2.75) is 39.3 Å². The largest absolute Gasteiger partial charge is 0.488 e. The Morgan fingerprint density at radius 1 is 0.316 bits per heavy atom. The number of rotatable bonds is 4. The number of furan rings is 5. The molecule has 0 saturated carbocycles. The minimum Gasteiger partial charge on any atom is -0.456 e. The Bertz CT molecular complexity index is 7400. The number of benzene rings is 11. The van der Waals surface area contributed by atoms with E-state index in [1.54, 1.807) is 30.7 Å². The van der Waals surface area contributed by atoms with Gasteiger partial charge in [0.2, 0.25) is 0 Å². The van der Waals surface area contributed by atoms with Crippen LogP contribution in [0.2, 0.25) is 39.3 Å². The molecule has 0 aliphatic heterocycles. The van der Waals surface area contributed by atoms with Crippen LogP contribution in [0.3, 0.4) is 0 Å². The molecule has 0 amide bonds. The Hall–Kier alpha value is -12.8. The van der Waals surface area contributed by atoms with Gasteiger partial charge in [-0.25, -0.2) is 4.98 Å². The highest BCUT2D eigenvalue weighted by atomic mass is 79.9. The molecule has 0 spiro atoms. The highest BCUT2D eigenvalue weighted by Gasteiger charge is 2.18. The number of aromatic nitrogens is 5. The van der Waals surface area contributed by atoms with E-state index in [2.05, 4.69) is 226 Å². The quantitative estimate of drug-likeness (QED) is 0.0741. The van der Waals surface area contributed by atoms with Gasteiger partial charge >= 0.3 is 7.12 Å². The summed E-state index contributed by atoms with van der Waals surface area (Å²) >= 11 is 10.1. The van der Waals surface area contributed by atoms with Gasteiger partial charge in [0.1, 0.15) is 76.6 Å². The highest BCUT2D eigenvalue weighted by Crippen LogP contribution is 2.39. The average molecular weight is 1750 g/mol. The summed E-state index contributed by atoms with van der Waals surface area (Å²) < 4.78 is 32.2. The first-order valence-corrected chi connectivity index (χ1v) is 47.0. The second kappa shape index (κ2) is 35.1. The van der Waals surface area contributed by atoms with Crippen molar-refractivity contribution in [3.63, 3.8) is 0 Å². The molecule has 10 aromatic heterocycles. The summed E-state index contributed by atoms with van der Waals surface area (Å²) in [5.74, 6) is 6.02. The predicted molar refractivity (Wildman–Crippen MR) is 499 cm³/mol. The molecule has 10 heterocycles. The smallest absolute Gasteiger partial charge is 0.456 e. The van der Waals surface area contributed by atoms with Crippen molar-refractivity contribution in [1.29, 1.82) is 0 Å². The Morgan fingerprint density at radius 3 is 1.12 bits per heavy atom. The van der Waals surface area contributed by atoms with Crippen LogP contribution in [0.5, 0.6) is 0 Å². The monoisotopic (exact) mass is 1750 g/mol. The number of fused-ring (bicyclic) bond motifs is 18. The Balaban J connectivity index is 0.000000110. The lowest BCUT2D eigenvalue weighted by Gasteiger charge is -2.06. The standard InChI is InChI=1S/C22H19NOSi.2C19H11NO.C17H10BrNO.C12H9BO3.C5H3Br2N.C5H10Si/c1-25(2,3)14-12-16-7-6-13-23-22(16)17-10-11-19-18-8-4-5-9-20(18)24-21(19)15-17;1-2-6-17-14(5-1)16-10-13-8-7-12-4-3-9-20-19(12)15(13)11-18(16)21-17;1-2-13-6-5-11-20-19(13)14-9-10-16-15-7-3-4-8-17(15)21-18(16)12-14;18-14-5-3-9-19-17(14)11-7-8-13-12-4-1-2-6-15(12)20-16(13)10-11;14-13(15)8-5-6-10-9-3-1-2-4-11(9)16-12(10)7-8;6-4-2-1-3-8-5(4)7;1-5-6(2,3)4/h4-11,13,15H,1-3H3;1-11H;1,3-12H;1-10H;1-7,14-15H;1-3H;1H,2-4H3. The van der Waals surface area contributed by atoms with Crippen molar-refractivity contribution in [1.82, 2.24) is 24.9 Å². The third-order valence-electron chi connectivity index (χ3n) is 19.0. The first-order chi connectivity index (χ1) is 56.7. The number of para-hydroxylation sites is 5. The zero-order valence-electron chi connectivity index (χ0n) is 64.5. The average Bonchev–Trinajstić information content (AvgIpc) is 1.70. The second-order valence-corrected chi connectivity index (χ2v) is 41.4. The van der Waals surface area contributed by atoms with Crippen molar-refractivity contribution in [2.24, 2.45) is 0 Å². The van der Waals surface area contributed by atoms with E-state index >= 15 is 0 Å². The molecule has 11 aromatic carbocycles. The van der Waals surface area contributed by atoms with Gasteiger partial charge in [-0.15, -0.1) is 23.9 Å². The number of halogens is 3. The van der Waals surface area contributed by atoms with Crippen molar-refractivity contribution < 1.29 is 32.1 Å². The van der Waals surface area contributed by atoms with Crippen molar-refractivity contribution >= 4 is 208 Å². The maximum absolute atomic E-state index is 9.07. The van der Waals surface area contributed by atoms with Gasteiger partial charge in [-0.3, -0.25) is 19.9 Å². The molecule has 0 radical (unpaired) electrons. The van der Waals surface area contributed by atoms with Crippen LogP contribution in [-0.2, 0) is 0 Å². The highest BCUT2D eigenvalue weighted by molar-refractivity contribution is 9.13. The lowest BCUT2D eigenvalue weighted by Crippen LogP contribution is -2.29. The summed E-state index contributed by atoms with van der Waals surface area (Å²) in [6.45, 7) is 13.2. The van der Waals surface area contributed by atoms with Crippen molar-refractivity contribution in [3.8, 4) is 69.5 Å². The number of hydrogen-bond donors (Lipinski definition) is 2. The molecule has 117 heavy (non-hydrogen) atoms. The zero-order chi connectivity index (χ0) is 81.3. The number of pyridine rings is 5. The summed E-state index contributed by atoms with van der Waals surface area (Å²) in [6.07, 6.45) is 19.6. The Kier molecular flexibility index (Phi) is 23.9. The third-order valence-corrected chi connectivity index (χ3v) is 23.2. The van der Waals surface area contributed by atoms with Crippen LogP contribution in [0.25, 0.3) is 165 Å². The van der Waals surface area contributed by atoms with Crippen molar-refractivity contribution in [2.75, 3.05) is 0 Å². The SMILES string of the molecule is Brc1cccnc1-c1ccc2c(c1)oc1ccccc12.Brc1cccnc1Br.C#C[Si](C)(C)C.C#Cc1cccnc1-c1ccc2c(c1)oc1ccccc12.C[Si](C)(C)C#Cc1cccnc1-c1ccc2c(c1)oc1ccccc12.OB(O)c1ccc2c(c1)oc1ccccc12.c1cnc2c(c1)ccc1cc3c(cc12)oc1ccccc13. The second-order valence-electron chi connectivity index (χ2n) is 29.4. The molecular weight excluding hydrogens is 1680 g/mol. The van der Waals surface area contributed by atoms with Crippen LogP contribution in [0, 0.1) is 35.8 Å². The molecule has 21 rings (SSSR count). The van der Waals surface area contributed by atoms with Gasteiger partial charge in [0, 0.05) is 117 Å². The van der Waals surface area contributed by atoms with E-state index < -0.39 is 23.3 Å². The summed E-state index contributed by atoms with van der Waals surface area (Å²) in [5.41, 5.74) is 23.8. The van der Waals surface area contributed by atoms with E-state index in [1.807, 2.05) is 188 Å². The van der Waals surface area contributed by atoms with Gasteiger partial charge in [-0.2, -0.15) is 0 Å². The lowest BCUT2D eigenvalue weighted by molar-refractivity contribution is 0.425. The van der Waals surface area contributed by atoms with Gasteiger partial charge in [-0.1, -0.05) is 191 Å². The molecule has 18 heteroatoms. The fourth-order valence-electron chi connectivity index (χ4n) is 13.3. The molecule has 0 aliphatic rings. The first-order valence-electron chi connectivity index (χ1n) is 37.6. The van der Waals surface area contributed by atoms with Crippen LogP contribution < -0.4 is 5.46 Å². The molecule has 2 N–H and O–H groups in total. The molecule has 0 unspecified atom stereocenters. The van der Waals surface area contributed by atoms with E-state index in [0.717, 1.165) is 179 Å². The van der Waals surface area contributed by atoms with Gasteiger partial charge in [0.05, 0.1) is 38.2 Å². The Morgan fingerprint density at radius 2 is 0.684 bits per heavy atom. The fourth-order valence-corrected chi connectivity index (χ4v) is 14.8. The van der Waals surface area contributed by atoms with Crippen LogP contribution in [-0.4, -0.2) is 58.2 Å². The number of terminal acetylenes is 2. The fraction of sp³-hybridized carbons (Fsp3) is 0.0606. The van der Waals surface area contributed by atoms with Crippen LogP contribution in [0.15, 0.2) is 346 Å². The van der Waals surface area contributed by atoms with E-state index in [0.29, 0.717) is 11.0 Å². The summed E-state index contributed by atoms with van der Waals surface area (Å²) in [5, 5.41) is 32.8. The van der Waals surface area contributed by atoms with E-state index in [9.17, 15) is 0 Å². The van der Waals surface area contributed by atoms with Crippen LogP contribution in [0.1, 0.15) is 11.1 Å². The number of hydrogen-bond acceptors (Lipinski definition) is 12. The summed E-state index contributed by atoms with van der Waals surface area (Å²) in [4.78, 5) is 21.9. The van der Waals surface area contributed by atoms with Crippen molar-refractivity contribution in [3.05, 3.63) is 335 Å². The minimum absolute atomic E-state index is 0.437. The zero-order valence-corrected chi connectivity index (χ0v) is 71.2. The molecule has 0 aliphatic carbocycles. The van der Waals surface area contributed by atoms with Crippen LogP contribution >= 0.6 is 47.8 Å². The van der Waals surface area contributed by atoms with Gasteiger partial charge in [0.15, 0.2) is 0 Å². The maximum atomic E-state index is 9.07. The lowest BCUT2D eigenvalue weighted by atomic mass is 9.80. The topological polar surface area (TPSA) is 171 Å². The molecule has 0 bridgehead atoms. The van der Waals surface area contributed by atoms with Gasteiger partial charge < -0.3 is 32.1 Å². The molecule has 0 atom stereocenters. The third kappa shape index (κ3) is 18.2. The first kappa shape index (κ1) is 79.5. The minimum atomic E-state index is -1.46. The molecule has 568 valence electrons. The summed E-state index contributed by atoms with van der Waals surface area (Å²) in [6, 6.07) is 92.0. The number of nitrogens with zero attached hydrogens (tertiary/aromatic N) is 5. The van der Waals surface area contributed by atoms with E-state index in [4.69, 9.17) is 45.0 Å². The van der Waals surface area contributed by atoms with Gasteiger partial charge in [-0.05, 0) is 198 Å².